The molecule has 1 aromatic carbocycles. The third kappa shape index (κ3) is 2.76. The van der Waals surface area contributed by atoms with Gasteiger partial charge in [-0.2, -0.15) is 0 Å². The Kier molecular flexibility index (Phi) is 4.24. The summed E-state index contributed by atoms with van der Waals surface area (Å²) in [5, 5.41) is 9.66. The molecule has 0 spiro atoms. The molecule has 0 aliphatic rings. The first-order valence-electron chi connectivity index (χ1n) is 4.86. The Balaban J connectivity index is 2.98. The van der Waals surface area contributed by atoms with Crippen molar-refractivity contribution in [3.63, 3.8) is 0 Å². The van der Waals surface area contributed by atoms with Gasteiger partial charge in [0.2, 0.25) is 5.75 Å². The molecule has 3 N–H and O–H groups in total. The van der Waals surface area contributed by atoms with Gasteiger partial charge in [0, 0.05) is 0 Å². The number of phenols is 1. The number of aryl methyl sites for hydroxylation is 1. The monoisotopic (exact) mass is 211 g/mol. The summed E-state index contributed by atoms with van der Waals surface area (Å²) in [6, 6.07) is 3.60. The molecule has 0 saturated carbocycles. The maximum atomic E-state index is 9.66. The van der Waals surface area contributed by atoms with Crippen LogP contribution in [0.2, 0.25) is 0 Å². The summed E-state index contributed by atoms with van der Waals surface area (Å²) in [5.41, 5.74) is 6.48. The van der Waals surface area contributed by atoms with E-state index in [4.69, 9.17) is 15.2 Å². The third-order valence-electron chi connectivity index (χ3n) is 2.21. The molecule has 0 aliphatic carbocycles. The molecule has 0 amide bonds. The van der Waals surface area contributed by atoms with Gasteiger partial charge in [-0.05, 0) is 37.1 Å². The van der Waals surface area contributed by atoms with E-state index in [-0.39, 0.29) is 5.75 Å². The smallest absolute Gasteiger partial charge is 0.200 e. The van der Waals surface area contributed by atoms with Crippen molar-refractivity contribution < 1.29 is 14.6 Å². The fourth-order valence-electron chi connectivity index (χ4n) is 1.40. The average molecular weight is 211 g/mol. The van der Waals surface area contributed by atoms with Crippen LogP contribution in [0, 0.1) is 0 Å². The molecule has 1 rings (SSSR count). The Morgan fingerprint density at radius 2 is 1.73 bits per heavy atom. The molecule has 0 aromatic heterocycles. The van der Waals surface area contributed by atoms with Crippen molar-refractivity contribution in [2.75, 3.05) is 20.8 Å². The molecule has 4 nitrogen and oxygen atoms in total. The van der Waals surface area contributed by atoms with E-state index in [1.54, 1.807) is 12.1 Å². The number of ether oxygens (including phenoxy) is 2. The van der Waals surface area contributed by atoms with E-state index >= 15 is 0 Å². The fourth-order valence-corrected chi connectivity index (χ4v) is 1.40. The summed E-state index contributed by atoms with van der Waals surface area (Å²) in [4.78, 5) is 0. The lowest BCUT2D eigenvalue weighted by Crippen LogP contribution is -2.01. The molecule has 0 aliphatic heterocycles. The summed E-state index contributed by atoms with van der Waals surface area (Å²) in [6.45, 7) is 0.644. The Bertz CT molecular complexity index is 301. The van der Waals surface area contributed by atoms with Gasteiger partial charge in [-0.25, -0.2) is 0 Å². The Labute approximate surface area is 89.6 Å². The van der Waals surface area contributed by atoms with Gasteiger partial charge >= 0.3 is 0 Å². The van der Waals surface area contributed by atoms with Crippen LogP contribution in [0.1, 0.15) is 12.0 Å². The van der Waals surface area contributed by atoms with Gasteiger partial charge in [0.1, 0.15) is 0 Å². The molecule has 15 heavy (non-hydrogen) atoms. The van der Waals surface area contributed by atoms with E-state index in [9.17, 15) is 5.11 Å². The van der Waals surface area contributed by atoms with Crippen molar-refractivity contribution in [1.29, 1.82) is 0 Å². The van der Waals surface area contributed by atoms with Gasteiger partial charge in [-0.1, -0.05) is 0 Å². The maximum Gasteiger partial charge on any atom is 0.200 e. The van der Waals surface area contributed by atoms with Crippen LogP contribution in [0.3, 0.4) is 0 Å². The molecule has 0 radical (unpaired) electrons. The SMILES string of the molecule is COc1cc(CCCN)cc(OC)c1O. The minimum Gasteiger partial charge on any atom is -0.502 e. The minimum atomic E-state index is 0.0384. The summed E-state index contributed by atoms with van der Waals surface area (Å²) in [6.07, 6.45) is 1.75. The first kappa shape index (κ1) is 11.7. The highest BCUT2D eigenvalue weighted by atomic mass is 16.5. The molecule has 0 atom stereocenters. The van der Waals surface area contributed by atoms with Crippen LogP contribution in [0.5, 0.6) is 17.2 Å². The second-order valence-electron chi connectivity index (χ2n) is 3.24. The zero-order valence-electron chi connectivity index (χ0n) is 9.12. The highest BCUT2D eigenvalue weighted by molar-refractivity contribution is 5.52. The predicted molar refractivity (Wildman–Crippen MR) is 58.6 cm³/mol. The molecule has 84 valence electrons. The quantitative estimate of drug-likeness (QED) is 0.770. The summed E-state index contributed by atoms with van der Waals surface area (Å²) < 4.78 is 10.1. The van der Waals surface area contributed by atoms with Crippen molar-refractivity contribution in [3.05, 3.63) is 17.7 Å². The topological polar surface area (TPSA) is 64.7 Å². The first-order chi connectivity index (χ1) is 7.22. The van der Waals surface area contributed by atoms with Gasteiger partial charge < -0.3 is 20.3 Å². The maximum absolute atomic E-state index is 9.66. The zero-order valence-corrected chi connectivity index (χ0v) is 9.12. The number of aromatic hydroxyl groups is 1. The van der Waals surface area contributed by atoms with Crippen LogP contribution in [0.15, 0.2) is 12.1 Å². The highest BCUT2D eigenvalue weighted by Gasteiger charge is 2.10. The van der Waals surface area contributed by atoms with Crippen molar-refractivity contribution in [1.82, 2.24) is 0 Å². The van der Waals surface area contributed by atoms with E-state index in [1.807, 2.05) is 0 Å². The second kappa shape index (κ2) is 5.46. The first-order valence-corrected chi connectivity index (χ1v) is 4.86. The number of methoxy groups -OCH3 is 2. The van der Waals surface area contributed by atoms with E-state index in [1.165, 1.54) is 14.2 Å². The van der Waals surface area contributed by atoms with Crippen molar-refractivity contribution in [3.8, 4) is 17.2 Å². The Morgan fingerprint density at radius 3 is 2.13 bits per heavy atom. The summed E-state index contributed by atoms with van der Waals surface area (Å²) in [7, 11) is 3.03. The normalized spacial score (nSPS) is 10.1. The summed E-state index contributed by atoms with van der Waals surface area (Å²) >= 11 is 0. The van der Waals surface area contributed by atoms with E-state index < -0.39 is 0 Å². The molecule has 0 heterocycles. The average Bonchev–Trinajstić information content (AvgIpc) is 2.27. The molecule has 1 aromatic rings. The number of hydrogen-bond donors (Lipinski definition) is 2. The van der Waals surface area contributed by atoms with Gasteiger partial charge in [-0.15, -0.1) is 0 Å². The van der Waals surface area contributed by atoms with Gasteiger partial charge in [0.05, 0.1) is 14.2 Å². The summed E-state index contributed by atoms with van der Waals surface area (Å²) in [5.74, 6) is 0.902. The Morgan fingerprint density at radius 1 is 1.20 bits per heavy atom. The van der Waals surface area contributed by atoms with Crippen LogP contribution in [0.25, 0.3) is 0 Å². The van der Waals surface area contributed by atoms with Crippen LogP contribution in [-0.4, -0.2) is 25.9 Å². The van der Waals surface area contributed by atoms with E-state index in [2.05, 4.69) is 0 Å². The van der Waals surface area contributed by atoms with Gasteiger partial charge in [-0.3, -0.25) is 0 Å². The standard InChI is InChI=1S/C11H17NO3/c1-14-9-6-8(4-3-5-12)7-10(15-2)11(9)13/h6-7,13H,3-5,12H2,1-2H3. The fraction of sp³-hybridized carbons (Fsp3) is 0.455. The van der Waals surface area contributed by atoms with Gasteiger partial charge in [0.25, 0.3) is 0 Å². The van der Waals surface area contributed by atoms with E-state index in [0.717, 1.165) is 18.4 Å². The molecule has 0 bridgehead atoms. The lowest BCUT2D eigenvalue weighted by molar-refractivity contribution is 0.339. The minimum absolute atomic E-state index is 0.0384. The third-order valence-corrected chi connectivity index (χ3v) is 2.21. The molecular formula is C11H17NO3. The zero-order chi connectivity index (χ0) is 11.3. The highest BCUT2D eigenvalue weighted by Crippen LogP contribution is 2.37. The number of benzene rings is 1. The molecule has 0 unspecified atom stereocenters. The van der Waals surface area contributed by atoms with Crippen molar-refractivity contribution in [2.45, 2.75) is 12.8 Å². The lowest BCUT2D eigenvalue weighted by atomic mass is 10.1. The van der Waals surface area contributed by atoms with Crippen LogP contribution < -0.4 is 15.2 Å². The van der Waals surface area contributed by atoms with Crippen molar-refractivity contribution >= 4 is 0 Å². The molecule has 4 heteroatoms. The van der Waals surface area contributed by atoms with Crippen LogP contribution >= 0.6 is 0 Å². The number of hydrogen-bond acceptors (Lipinski definition) is 4. The largest absolute Gasteiger partial charge is 0.502 e. The molecule has 0 saturated heterocycles. The van der Waals surface area contributed by atoms with Crippen LogP contribution in [-0.2, 0) is 6.42 Å². The molecule has 0 fully saturated rings. The van der Waals surface area contributed by atoms with Gasteiger partial charge in [0.15, 0.2) is 11.5 Å². The number of nitrogens with two attached hydrogens (primary N) is 1. The molecular weight excluding hydrogens is 194 g/mol. The lowest BCUT2D eigenvalue weighted by Gasteiger charge is -2.10. The van der Waals surface area contributed by atoms with Crippen molar-refractivity contribution in [2.24, 2.45) is 5.73 Å². The number of phenolic OH excluding ortho intramolecular Hbond substituents is 1. The second-order valence-corrected chi connectivity index (χ2v) is 3.24. The van der Waals surface area contributed by atoms with E-state index in [0.29, 0.717) is 18.0 Å². The Hall–Kier alpha value is -1.42. The predicted octanol–water partition coefficient (Wildman–Crippen LogP) is 1.30. The van der Waals surface area contributed by atoms with Crippen LogP contribution in [0.4, 0.5) is 0 Å². The number of rotatable bonds is 5.